The Hall–Kier alpha value is -1.20. The second-order valence-electron chi connectivity index (χ2n) is 5.09. The van der Waals surface area contributed by atoms with Crippen molar-refractivity contribution in [2.45, 2.75) is 39.3 Å². The summed E-state index contributed by atoms with van der Waals surface area (Å²) in [5.74, 6) is 0.682. The fraction of sp³-hybridized carbons (Fsp3) is 0.714. The Labute approximate surface area is 114 Å². The molecule has 2 rings (SSSR count). The van der Waals surface area contributed by atoms with Crippen LogP contribution in [0.1, 0.15) is 37.8 Å². The highest BCUT2D eigenvalue weighted by Crippen LogP contribution is 2.25. The second-order valence-corrected chi connectivity index (χ2v) is 5.09. The molecule has 1 atom stereocenters. The molecule has 0 bridgehead atoms. The van der Waals surface area contributed by atoms with Gasteiger partial charge in [-0.25, -0.2) is 4.98 Å². The van der Waals surface area contributed by atoms with Crippen molar-refractivity contribution in [1.82, 2.24) is 14.5 Å². The van der Waals surface area contributed by atoms with Crippen LogP contribution < -0.4 is 0 Å². The zero-order chi connectivity index (χ0) is 13.9. The summed E-state index contributed by atoms with van der Waals surface area (Å²) in [6, 6.07) is 0. The Morgan fingerprint density at radius 2 is 2.11 bits per heavy atom. The molecule has 2 heterocycles. The van der Waals surface area contributed by atoms with E-state index in [1.807, 2.05) is 24.6 Å². The Bertz CT molecular complexity index is 438. The van der Waals surface area contributed by atoms with Crippen LogP contribution in [-0.2, 0) is 11.3 Å². The van der Waals surface area contributed by atoms with Gasteiger partial charge in [0.15, 0.2) is 5.82 Å². The molecule has 0 aromatic carbocycles. The minimum atomic E-state index is -0.484. The average molecular weight is 265 g/mol. The summed E-state index contributed by atoms with van der Waals surface area (Å²) < 4.78 is 7.29. The minimum Gasteiger partial charge on any atom is -0.379 e. The summed E-state index contributed by atoms with van der Waals surface area (Å²) in [5, 5.41) is 0. The molecule has 0 radical (unpaired) electrons. The molecule has 0 N–H and O–H groups in total. The van der Waals surface area contributed by atoms with Crippen molar-refractivity contribution in [2.24, 2.45) is 0 Å². The first-order valence-electron chi connectivity index (χ1n) is 7.02. The number of aryl methyl sites for hydroxylation is 1. The molecule has 0 saturated carbocycles. The maximum absolute atomic E-state index is 12.9. The fourth-order valence-corrected chi connectivity index (χ4v) is 2.60. The third kappa shape index (κ3) is 2.58. The Balaban J connectivity index is 2.27. The predicted molar refractivity (Wildman–Crippen MR) is 73.3 cm³/mol. The van der Waals surface area contributed by atoms with Gasteiger partial charge in [-0.15, -0.1) is 0 Å². The first kappa shape index (κ1) is 14.2. The van der Waals surface area contributed by atoms with E-state index in [0.29, 0.717) is 19.0 Å². The van der Waals surface area contributed by atoms with E-state index in [2.05, 4.69) is 16.8 Å². The molecule has 0 aliphatic carbocycles. The van der Waals surface area contributed by atoms with Gasteiger partial charge in [0.25, 0.3) is 0 Å². The second kappa shape index (κ2) is 5.84. The number of imidazole rings is 1. The highest BCUT2D eigenvalue weighted by Gasteiger charge is 2.40. The Morgan fingerprint density at radius 3 is 2.68 bits per heavy atom. The van der Waals surface area contributed by atoms with Crippen LogP contribution in [0, 0.1) is 0 Å². The molecular formula is C14H23N3O2. The van der Waals surface area contributed by atoms with E-state index in [-0.39, 0.29) is 5.78 Å². The summed E-state index contributed by atoms with van der Waals surface area (Å²) in [6.07, 6.45) is 4.34. The molecule has 5 heteroatoms. The van der Waals surface area contributed by atoms with Gasteiger partial charge < -0.3 is 9.30 Å². The normalized spacial score (nSPS) is 20.2. The van der Waals surface area contributed by atoms with E-state index in [9.17, 15) is 4.79 Å². The van der Waals surface area contributed by atoms with E-state index < -0.39 is 5.54 Å². The molecule has 0 spiro atoms. The third-order valence-electron chi connectivity index (χ3n) is 4.15. The van der Waals surface area contributed by atoms with Gasteiger partial charge in [0.05, 0.1) is 18.8 Å². The van der Waals surface area contributed by atoms with Crippen molar-refractivity contribution in [1.29, 1.82) is 0 Å². The predicted octanol–water partition coefficient (Wildman–Crippen LogP) is 1.59. The number of carbonyl (C=O) groups is 1. The molecule has 5 nitrogen and oxygen atoms in total. The lowest BCUT2D eigenvalue weighted by Gasteiger charge is -2.41. The number of hydrogen-bond donors (Lipinski definition) is 0. The van der Waals surface area contributed by atoms with Gasteiger partial charge in [-0.3, -0.25) is 9.69 Å². The molecule has 1 saturated heterocycles. The molecule has 1 aromatic heterocycles. The van der Waals surface area contributed by atoms with Gasteiger partial charge >= 0.3 is 0 Å². The van der Waals surface area contributed by atoms with E-state index >= 15 is 0 Å². The van der Waals surface area contributed by atoms with Crippen molar-refractivity contribution in [3.05, 3.63) is 18.2 Å². The van der Waals surface area contributed by atoms with Gasteiger partial charge in [-0.2, -0.15) is 0 Å². The first-order chi connectivity index (χ1) is 9.13. The molecule has 1 unspecified atom stereocenters. The lowest BCUT2D eigenvalue weighted by molar-refractivity contribution is -0.0111. The highest BCUT2D eigenvalue weighted by atomic mass is 16.5. The van der Waals surface area contributed by atoms with Crippen LogP contribution in [0.4, 0.5) is 0 Å². The molecule has 1 aliphatic heterocycles. The number of ether oxygens (including phenoxy) is 1. The lowest BCUT2D eigenvalue weighted by atomic mass is 9.89. The summed E-state index contributed by atoms with van der Waals surface area (Å²) >= 11 is 0. The smallest absolute Gasteiger partial charge is 0.218 e. The molecule has 106 valence electrons. The summed E-state index contributed by atoms with van der Waals surface area (Å²) in [6.45, 7) is 9.89. The van der Waals surface area contributed by atoms with Crippen molar-refractivity contribution in [3.63, 3.8) is 0 Å². The van der Waals surface area contributed by atoms with Crippen LogP contribution in [0.2, 0.25) is 0 Å². The quantitative estimate of drug-likeness (QED) is 0.759. The first-order valence-corrected chi connectivity index (χ1v) is 7.02. The van der Waals surface area contributed by atoms with Gasteiger partial charge in [0.2, 0.25) is 5.78 Å². The summed E-state index contributed by atoms with van der Waals surface area (Å²) in [7, 11) is 0. The van der Waals surface area contributed by atoms with E-state index in [0.717, 1.165) is 26.1 Å². The maximum Gasteiger partial charge on any atom is 0.218 e. The lowest BCUT2D eigenvalue weighted by Crippen LogP contribution is -2.56. The monoisotopic (exact) mass is 265 g/mol. The summed E-state index contributed by atoms with van der Waals surface area (Å²) in [4.78, 5) is 19.4. The van der Waals surface area contributed by atoms with Crippen LogP contribution >= 0.6 is 0 Å². The fourth-order valence-electron chi connectivity index (χ4n) is 2.60. The van der Waals surface area contributed by atoms with E-state index in [4.69, 9.17) is 4.74 Å². The molecule has 1 aliphatic rings. The number of carbonyl (C=O) groups excluding carboxylic acids is 1. The molecule has 1 aromatic rings. The third-order valence-corrected chi connectivity index (χ3v) is 4.15. The SMILES string of the molecule is CCn1ccnc1C(=O)C(C)(CC)N1CCOCC1. The largest absolute Gasteiger partial charge is 0.379 e. The Morgan fingerprint density at radius 1 is 1.42 bits per heavy atom. The van der Waals surface area contributed by atoms with Crippen LogP contribution in [0.5, 0.6) is 0 Å². The summed E-state index contributed by atoms with van der Waals surface area (Å²) in [5.41, 5.74) is -0.484. The number of Topliss-reactive ketones (excluding diaryl/α,β-unsaturated/α-hetero) is 1. The van der Waals surface area contributed by atoms with E-state index in [1.165, 1.54) is 0 Å². The van der Waals surface area contributed by atoms with Gasteiger partial charge in [0.1, 0.15) is 0 Å². The topological polar surface area (TPSA) is 47.4 Å². The van der Waals surface area contributed by atoms with Crippen LogP contribution in [-0.4, -0.2) is 52.1 Å². The number of nitrogens with zero attached hydrogens (tertiary/aromatic N) is 3. The van der Waals surface area contributed by atoms with Gasteiger partial charge in [-0.1, -0.05) is 6.92 Å². The number of aromatic nitrogens is 2. The minimum absolute atomic E-state index is 0.115. The van der Waals surface area contributed by atoms with Crippen molar-refractivity contribution in [3.8, 4) is 0 Å². The number of rotatable bonds is 5. The Kier molecular flexibility index (Phi) is 4.37. The zero-order valence-corrected chi connectivity index (χ0v) is 12.1. The van der Waals surface area contributed by atoms with Gasteiger partial charge in [-0.05, 0) is 20.3 Å². The number of morpholine rings is 1. The highest BCUT2D eigenvalue weighted by molar-refractivity contribution is 6.00. The molecule has 1 fully saturated rings. The van der Waals surface area contributed by atoms with Crippen LogP contribution in [0.15, 0.2) is 12.4 Å². The van der Waals surface area contributed by atoms with Crippen LogP contribution in [0.3, 0.4) is 0 Å². The standard InChI is InChI=1S/C14H23N3O2/c1-4-14(3,17-8-10-19-11-9-17)12(18)13-15-6-7-16(13)5-2/h6-7H,4-5,8-11H2,1-3H3. The number of hydrogen-bond acceptors (Lipinski definition) is 4. The van der Waals surface area contributed by atoms with Crippen molar-refractivity contribution < 1.29 is 9.53 Å². The van der Waals surface area contributed by atoms with Crippen LogP contribution in [0.25, 0.3) is 0 Å². The zero-order valence-electron chi connectivity index (χ0n) is 12.1. The average Bonchev–Trinajstić information content (AvgIpc) is 2.94. The molecule has 0 amide bonds. The molecule has 19 heavy (non-hydrogen) atoms. The van der Waals surface area contributed by atoms with Gasteiger partial charge in [0, 0.05) is 32.0 Å². The van der Waals surface area contributed by atoms with E-state index in [1.54, 1.807) is 6.20 Å². The maximum atomic E-state index is 12.9. The number of ketones is 1. The van der Waals surface area contributed by atoms with Crippen molar-refractivity contribution >= 4 is 5.78 Å². The molecular weight excluding hydrogens is 242 g/mol. The van der Waals surface area contributed by atoms with Crippen molar-refractivity contribution in [2.75, 3.05) is 26.3 Å².